The third-order valence-corrected chi connectivity index (χ3v) is 5.65. The van der Waals surface area contributed by atoms with Gasteiger partial charge in [-0.2, -0.15) is 13.2 Å². The highest BCUT2D eigenvalue weighted by atomic mass is 19.4. The fourth-order valence-electron chi connectivity index (χ4n) is 3.60. The molecule has 172 valence electrons. The Morgan fingerprint density at radius 1 is 1.16 bits per heavy atom. The first kappa shape index (κ1) is 22.0. The molecule has 1 aliphatic carbocycles. The Bertz CT molecular complexity index is 1120. The maximum atomic E-state index is 14.2. The quantitative estimate of drug-likeness (QED) is 0.575. The van der Waals surface area contributed by atoms with E-state index in [2.05, 4.69) is 25.9 Å². The number of amides is 1. The molecule has 1 fully saturated rings. The molecule has 1 aliphatic heterocycles. The summed E-state index contributed by atoms with van der Waals surface area (Å²) < 4.78 is 68.9. The van der Waals surface area contributed by atoms with E-state index < -0.39 is 41.2 Å². The monoisotopic (exact) mass is 458 g/mol. The Hall–Kier alpha value is -3.25. The van der Waals surface area contributed by atoms with E-state index in [0.29, 0.717) is 24.3 Å². The molecular formula is C19H19F5N6O2. The normalized spacial score (nSPS) is 21.7. The average Bonchev–Trinajstić information content (AvgIpc) is 3.46. The van der Waals surface area contributed by atoms with Gasteiger partial charge in [-0.3, -0.25) is 14.2 Å². The van der Waals surface area contributed by atoms with E-state index in [0.717, 1.165) is 13.3 Å². The molecule has 32 heavy (non-hydrogen) atoms. The third-order valence-electron chi connectivity index (χ3n) is 5.65. The summed E-state index contributed by atoms with van der Waals surface area (Å²) in [7, 11) is 0. The molecule has 1 amide bonds. The Kier molecular flexibility index (Phi) is 4.90. The molecule has 2 aliphatic rings. The van der Waals surface area contributed by atoms with Crippen molar-refractivity contribution in [2.24, 2.45) is 5.92 Å². The number of carbonyl (C=O) groups is 1. The summed E-state index contributed by atoms with van der Waals surface area (Å²) in [6, 6.07) is 1.82. The fourth-order valence-corrected chi connectivity index (χ4v) is 3.60. The topological polar surface area (TPSA) is 101 Å². The molecule has 8 nitrogen and oxygen atoms in total. The molecule has 0 aromatic carbocycles. The van der Waals surface area contributed by atoms with Crippen molar-refractivity contribution in [1.29, 1.82) is 0 Å². The van der Waals surface area contributed by atoms with Crippen molar-refractivity contribution in [2.75, 3.05) is 10.6 Å². The molecule has 2 aromatic rings. The van der Waals surface area contributed by atoms with Gasteiger partial charge in [0.05, 0.1) is 0 Å². The Labute approximate surface area is 178 Å². The average molecular weight is 458 g/mol. The predicted octanol–water partition coefficient (Wildman–Crippen LogP) is 3.21. The number of hydrogen-bond donors (Lipinski definition) is 3. The zero-order chi connectivity index (χ0) is 23.5. The lowest BCUT2D eigenvalue weighted by molar-refractivity contribution is -0.146. The zero-order valence-corrected chi connectivity index (χ0v) is 16.9. The number of fused-ring (bicyclic) bond motifs is 1. The van der Waals surface area contributed by atoms with Crippen LogP contribution in [0.2, 0.25) is 0 Å². The van der Waals surface area contributed by atoms with Crippen LogP contribution >= 0.6 is 0 Å². The number of alkyl halides is 5. The second kappa shape index (κ2) is 7.14. The van der Waals surface area contributed by atoms with Gasteiger partial charge in [-0.25, -0.2) is 18.7 Å². The van der Waals surface area contributed by atoms with Crippen LogP contribution in [0.3, 0.4) is 0 Å². The number of hydrogen-bond acceptors (Lipinski definition) is 6. The van der Waals surface area contributed by atoms with Crippen LogP contribution in [0.5, 0.6) is 0 Å². The van der Waals surface area contributed by atoms with E-state index in [1.165, 1.54) is 18.2 Å². The van der Waals surface area contributed by atoms with E-state index in [1.807, 2.05) is 0 Å². The van der Waals surface area contributed by atoms with E-state index in [1.54, 1.807) is 0 Å². The highest BCUT2D eigenvalue weighted by Crippen LogP contribution is 2.41. The minimum Gasteiger partial charge on any atom is -0.358 e. The molecule has 2 atom stereocenters. The molecule has 3 heterocycles. The van der Waals surface area contributed by atoms with E-state index in [4.69, 9.17) is 0 Å². The molecule has 0 saturated heterocycles. The van der Waals surface area contributed by atoms with E-state index in [9.17, 15) is 31.5 Å². The molecule has 0 bridgehead atoms. The first-order valence-corrected chi connectivity index (χ1v) is 9.70. The summed E-state index contributed by atoms with van der Waals surface area (Å²) >= 11 is 0. The molecule has 0 radical (unpaired) electrons. The Morgan fingerprint density at radius 3 is 2.41 bits per heavy atom. The van der Waals surface area contributed by atoms with Crippen LogP contribution in [0.1, 0.15) is 37.2 Å². The number of anilines is 3. The highest BCUT2D eigenvalue weighted by Gasteiger charge is 2.55. The van der Waals surface area contributed by atoms with Gasteiger partial charge in [0.1, 0.15) is 35.4 Å². The summed E-state index contributed by atoms with van der Waals surface area (Å²) in [5.74, 6) is -4.98. The molecular weight excluding hydrogens is 439 g/mol. The van der Waals surface area contributed by atoms with Crippen molar-refractivity contribution in [1.82, 2.24) is 19.9 Å². The van der Waals surface area contributed by atoms with Crippen molar-refractivity contribution < 1.29 is 26.7 Å². The smallest absolute Gasteiger partial charge is 0.358 e. The number of carbonyl (C=O) groups excluding carboxylic acids is 1. The van der Waals surface area contributed by atoms with Crippen LogP contribution in [0.4, 0.5) is 39.3 Å². The van der Waals surface area contributed by atoms with Gasteiger partial charge < -0.3 is 16.0 Å². The second-order valence-electron chi connectivity index (χ2n) is 8.10. The standard InChI is InChI=1S/C19H19F5N6O2/c1-17(20,21)18(2)29-15(31)11-6-5-10(16(32)30(11)18)27-12-7-13(26-8-25-12)28-14(9-3-4-9)19(22,23)24/h5-9,14H,3-4H2,1-2H3,(H,29,31)(H2,25,26,27,28). The van der Waals surface area contributed by atoms with E-state index in [-0.39, 0.29) is 23.0 Å². The predicted molar refractivity (Wildman–Crippen MR) is 104 cm³/mol. The zero-order valence-electron chi connectivity index (χ0n) is 16.9. The minimum atomic E-state index is -4.46. The van der Waals surface area contributed by atoms with Gasteiger partial charge in [-0.1, -0.05) is 0 Å². The molecule has 3 N–H and O–H groups in total. The van der Waals surface area contributed by atoms with Crippen molar-refractivity contribution in [3.8, 4) is 0 Å². The molecule has 2 unspecified atom stereocenters. The van der Waals surface area contributed by atoms with Crippen LogP contribution in [0.15, 0.2) is 29.3 Å². The third kappa shape index (κ3) is 3.75. The molecule has 13 heteroatoms. The van der Waals surface area contributed by atoms with Crippen molar-refractivity contribution in [2.45, 2.75) is 50.5 Å². The largest absolute Gasteiger partial charge is 0.408 e. The van der Waals surface area contributed by atoms with Crippen LogP contribution in [0.25, 0.3) is 0 Å². The second-order valence-corrected chi connectivity index (χ2v) is 8.10. The maximum absolute atomic E-state index is 14.2. The fraction of sp³-hybridized carbons (Fsp3) is 0.474. The number of nitrogens with zero attached hydrogens (tertiary/aromatic N) is 3. The Balaban J connectivity index is 1.64. The minimum absolute atomic E-state index is 0.0286. The van der Waals surface area contributed by atoms with E-state index >= 15 is 0 Å². The van der Waals surface area contributed by atoms with Crippen molar-refractivity contribution in [3.63, 3.8) is 0 Å². The van der Waals surface area contributed by atoms with Crippen LogP contribution in [-0.2, 0) is 5.66 Å². The summed E-state index contributed by atoms with van der Waals surface area (Å²) in [6.07, 6.45) is -2.56. The van der Waals surface area contributed by atoms with Crippen LogP contribution in [-0.4, -0.2) is 38.6 Å². The highest BCUT2D eigenvalue weighted by molar-refractivity contribution is 5.95. The summed E-state index contributed by atoms with van der Waals surface area (Å²) in [6.45, 7) is 1.60. The Morgan fingerprint density at radius 2 is 1.81 bits per heavy atom. The van der Waals surface area contributed by atoms with Gasteiger partial charge in [-0.15, -0.1) is 0 Å². The van der Waals surface area contributed by atoms with Crippen molar-refractivity contribution >= 4 is 23.2 Å². The molecule has 2 aromatic heterocycles. The summed E-state index contributed by atoms with van der Waals surface area (Å²) in [5.41, 5.74) is -3.66. The lowest BCUT2D eigenvalue weighted by Crippen LogP contribution is -2.56. The first-order valence-electron chi connectivity index (χ1n) is 9.70. The SMILES string of the molecule is CC(F)(F)C1(C)NC(=O)c2ccc(Nc3cc(NC(C4CC4)C(F)(F)F)ncn3)c(=O)n21. The number of nitrogens with one attached hydrogen (secondary N) is 3. The number of halogens is 5. The van der Waals surface area contributed by atoms with Gasteiger partial charge in [0.25, 0.3) is 17.4 Å². The molecule has 1 saturated carbocycles. The maximum Gasteiger partial charge on any atom is 0.408 e. The lowest BCUT2D eigenvalue weighted by atomic mass is 10.1. The molecule has 0 spiro atoms. The summed E-state index contributed by atoms with van der Waals surface area (Å²) in [5, 5.41) is 7.10. The number of aromatic nitrogens is 3. The number of rotatable bonds is 6. The van der Waals surface area contributed by atoms with Gasteiger partial charge in [0.2, 0.25) is 0 Å². The summed E-state index contributed by atoms with van der Waals surface area (Å²) in [4.78, 5) is 32.7. The van der Waals surface area contributed by atoms with Crippen molar-refractivity contribution in [3.05, 3.63) is 40.6 Å². The van der Waals surface area contributed by atoms with Crippen LogP contribution in [0, 0.1) is 5.92 Å². The number of pyridine rings is 1. The molecule has 4 rings (SSSR count). The van der Waals surface area contributed by atoms with Gasteiger partial charge in [-0.05, 0) is 37.8 Å². The van der Waals surface area contributed by atoms with Gasteiger partial charge >= 0.3 is 6.18 Å². The first-order chi connectivity index (χ1) is 14.8. The van der Waals surface area contributed by atoms with Gasteiger partial charge in [0.15, 0.2) is 5.66 Å². The van der Waals surface area contributed by atoms with Gasteiger partial charge in [0, 0.05) is 13.0 Å². The van der Waals surface area contributed by atoms with Crippen LogP contribution < -0.4 is 21.5 Å². The lowest BCUT2D eigenvalue weighted by Gasteiger charge is -2.32.